The van der Waals surface area contributed by atoms with Crippen molar-refractivity contribution in [1.82, 2.24) is 4.45 Å². The summed E-state index contributed by atoms with van der Waals surface area (Å²) in [6.45, 7) is 2.05. The Morgan fingerprint density at radius 2 is 2.09 bits per heavy atom. The average Bonchev–Trinajstić information content (AvgIpc) is 1.88. The van der Waals surface area contributed by atoms with Crippen LogP contribution in [-0.2, 0) is 0 Å². The van der Waals surface area contributed by atoms with Crippen molar-refractivity contribution >= 4 is 34.2 Å². The quantitative estimate of drug-likeness (QED) is 0.610. The molecule has 1 aromatic rings. The van der Waals surface area contributed by atoms with E-state index in [2.05, 4.69) is 39.0 Å². The van der Waals surface area contributed by atoms with Gasteiger partial charge in [0.25, 0.3) is 0 Å². The Bertz CT molecular complexity index is 217. The van der Waals surface area contributed by atoms with E-state index in [0.717, 1.165) is 5.69 Å². The van der Waals surface area contributed by atoms with Crippen molar-refractivity contribution in [2.24, 2.45) is 0 Å². The molecule has 2 N–H and O–H groups in total. The normalized spacial score (nSPS) is 8.55. The van der Waals surface area contributed by atoms with Gasteiger partial charge in [0.1, 0.15) is 0 Å². The first-order valence-electron chi connectivity index (χ1n) is 3.01. The monoisotopic (exact) mass is 236 g/mol. The SMILES string of the molecule is Cc1cccc(NNBr)c1.Cl. The third-order valence-electron chi connectivity index (χ3n) is 1.21. The Morgan fingerprint density at radius 1 is 1.36 bits per heavy atom. The number of anilines is 1. The van der Waals surface area contributed by atoms with Crippen molar-refractivity contribution in [3.05, 3.63) is 29.8 Å². The van der Waals surface area contributed by atoms with Crippen LogP contribution >= 0.6 is 28.6 Å². The first kappa shape index (κ1) is 10.8. The molecule has 1 aromatic carbocycles. The molecule has 0 radical (unpaired) electrons. The molecule has 0 aliphatic heterocycles. The van der Waals surface area contributed by atoms with E-state index in [1.165, 1.54) is 5.56 Å². The molecule has 0 amide bonds. The molecule has 0 heterocycles. The summed E-state index contributed by atoms with van der Waals surface area (Å²) in [7, 11) is 0. The second-order valence-corrected chi connectivity index (χ2v) is 2.49. The lowest BCUT2D eigenvalue weighted by molar-refractivity contribution is 1.24. The number of hydrogen-bond donors (Lipinski definition) is 2. The maximum Gasteiger partial charge on any atom is 0.0499 e. The highest BCUT2D eigenvalue weighted by atomic mass is 79.9. The Kier molecular flexibility index (Phi) is 5.28. The molecule has 4 heteroatoms. The fourth-order valence-electron chi connectivity index (χ4n) is 0.777. The molecule has 1 rings (SSSR count). The van der Waals surface area contributed by atoms with Crippen molar-refractivity contribution in [1.29, 1.82) is 0 Å². The van der Waals surface area contributed by atoms with Crippen molar-refractivity contribution in [3.8, 4) is 0 Å². The van der Waals surface area contributed by atoms with Gasteiger partial charge in [-0.05, 0) is 24.6 Å². The fourth-order valence-corrected chi connectivity index (χ4v) is 1.01. The largest absolute Gasteiger partial charge is 0.312 e. The molecular weight excluding hydrogens is 227 g/mol. The van der Waals surface area contributed by atoms with Gasteiger partial charge in [0.05, 0.1) is 0 Å². The van der Waals surface area contributed by atoms with E-state index in [4.69, 9.17) is 0 Å². The van der Waals surface area contributed by atoms with Crippen molar-refractivity contribution < 1.29 is 0 Å². The average molecular weight is 238 g/mol. The van der Waals surface area contributed by atoms with Gasteiger partial charge in [0.2, 0.25) is 0 Å². The van der Waals surface area contributed by atoms with Crippen LogP contribution in [0.3, 0.4) is 0 Å². The number of rotatable bonds is 2. The van der Waals surface area contributed by atoms with Crippen LogP contribution in [0.25, 0.3) is 0 Å². The summed E-state index contributed by atoms with van der Waals surface area (Å²) in [6.07, 6.45) is 0. The molecule has 0 aliphatic rings. The predicted molar refractivity (Wildman–Crippen MR) is 54.1 cm³/mol. The molecule has 0 unspecified atom stereocenters. The highest BCUT2D eigenvalue weighted by Crippen LogP contribution is 2.07. The molecule has 2 nitrogen and oxygen atoms in total. The summed E-state index contributed by atoms with van der Waals surface area (Å²) in [5.74, 6) is 0. The van der Waals surface area contributed by atoms with E-state index in [1.807, 2.05) is 18.2 Å². The summed E-state index contributed by atoms with van der Waals surface area (Å²) in [4.78, 5) is 0. The Balaban J connectivity index is 0.000001000. The molecule has 0 aliphatic carbocycles. The van der Waals surface area contributed by atoms with Crippen LogP contribution in [0.15, 0.2) is 24.3 Å². The minimum absolute atomic E-state index is 0. The summed E-state index contributed by atoms with van der Waals surface area (Å²) >= 11 is 3.05. The summed E-state index contributed by atoms with van der Waals surface area (Å²) in [5, 5.41) is 0. The van der Waals surface area contributed by atoms with Crippen molar-refractivity contribution in [2.75, 3.05) is 5.43 Å². The molecule has 62 valence electrons. The van der Waals surface area contributed by atoms with E-state index < -0.39 is 0 Å². The Hall–Kier alpha value is -0.250. The lowest BCUT2D eigenvalue weighted by atomic mass is 10.2. The van der Waals surface area contributed by atoms with E-state index in [9.17, 15) is 0 Å². The minimum Gasteiger partial charge on any atom is -0.312 e. The summed E-state index contributed by atoms with van der Waals surface area (Å²) in [5.41, 5.74) is 5.21. The molecule has 0 saturated carbocycles. The van der Waals surface area contributed by atoms with E-state index in [0.29, 0.717) is 0 Å². The van der Waals surface area contributed by atoms with Crippen LogP contribution in [-0.4, -0.2) is 0 Å². The van der Waals surface area contributed by atoms with Crippen molar-refractivity contribution in [2.45, 2.75) is 6.92 Å². The molecule has 0 fully saturated rings. The van der Waals surface area contributed by atoms with Crippen LogP contribution in [0, 0.1) is 6.92 Å². The van der Waals surface area contributed by atoms with Crippen LogP contribution in [0.5, 0.6) is 0 Å². The van der Waals surface area contributed by atoms with Crippen LogP contribution in [0.1, 0.15) is 5.56 Å². The summed E-state index contributed by atoms with van der Waals surface area (Å²) < 4.78 is 2.67. The van der Waals surface area contributed by atoms with Crippen LogP contribution < -0.4 is 9.88 Å². The predicted octanol–water partition coefficient (Wildman–Crippen LogP) is 2.64. The fraction of sp³-hybridized carbons (Fsp3) is 0.143. The first-order chi connectivity index (χ1) is 4.83. The van der Waals surface area contributed by atoms with Crippen molar-refractivity contribution in [3.63, 3.8) is 0 Å². The van der Waals surface area contributed by atoms with Gasteiger partial charge in [-0.2, -0.15) is 4.45 Å². The third kappa shape index (κ3) is 3.60. The second-order valence-electron chi connectivity index (χ2n) is 2.09. The third-order valence-corrected chi connectivity index (χ3v) is 1.41. The molecule has 0 atom stereocenters. The van der Waals surface area contributed by atoms with Gasteiger partial charge in [-0.1, -0.05) is 12.1 Å². The molecule has 11 heavy (non-hydrogen) atoms. The van der Waals surface area contributed by atoms with Gasteiger partial charge in [-0.15, -0.1) is 12.4 Å². The number of nitrogens with one attached hydrogen (secondary N) is 2. The van der Waals surface area contributed by atoms with Gasteiger partial charge in [-0.3, -0.25) is 0 Å². The maximum absolute atomic E-state index is 3.05. The van der Waals surface area contributed by atoms with Gasteiger partial charge in [0, 0.05) is 21.8 Å². The number of hydrogen-bond acceptors (Lipinski definition) is 2. The number of aryl methyl sites for hydroxylation is 1. The van der Waals surface area contributed by atoms with Crippen LogP contribution in [0.4, 0.5) is 5.69 Å². The highest BCUT2D eigenvalue weighted by Gasteiger charge is 1.87. The second kappa shape index (κ2) is 5.41. The smallest absolute Gasteiger partial charge is 0.0499 e. The standard InChI is InChI=1S/C7H9BrN2.ClH/c1-6-3-2-4-7(5-6)9-10-8;/h2-5,9-10H,1H3;1H. The topological polar surface area (TPSA) is 24.1 Å². The van der Waals surface area contributed by atoms with Crippen LogP contribution in [0.2, 0.25) is 0 Å². The molecule has 0 bridgehead atoms. The number of benzene rings is 1. The van der Waals surface area contributed by atoms with Gasteiger partial charge in [-0.25, -0.2) is 0 Å². The number of hydrazine groups is 1. The molecule has 0 saturated heterocycles. The minimum atomic E-state index is 0. The van der Waals surface area contributed by atoms with E-state index in [1.54, 1.807) is 0 Å². The lowest BCUT2D eigenvalue weighted by Gasteiger charge is -2.01. The number of halogens is 2. The Morgan fingerprint density at radius 3 is 2.64 bits per heavy atom. The van der Waals surface area contributed by atoms with E-state index in [-0.39, 0.29) is 12.4 Å². The van der Waals surface area contributed by atoms with Gasteiger partial charge >= 0.3 is 0 Å². The molecule has 0 aromatic heterocycles. The lowest BCUT2D eigenvalue weighted by Crippen LogP contribution is -2.07. The molecular formula is C7H10BrClN2. The zero-order valence-corrected chi connectivity index (χ0v) is 8.50. The highest BCUT2D eigenvalue weighted by molar-refractivity contribution is 9.08. The maximum atomic E-state index is 3.05. The summed E-state index contributed by atoms with van der Waals surface area (Å²) in [6, 6.07) is 8.09. The van der Waals surface area contributed by atoms with Gasteiger partial charge < -0.3 is 5.43 Å². The van der Waals surface area contributed by atoms with Gasteiger partial charge in [0.15, 0.2) is 0 Å². The zero-order chi connectivity index (χ0) is 7.40. The molecule has 0 spiro atoms. The zero-order valence-electron chi connectivity index (χ0n) is 6.10. The first-order valence-corrected chi connectivity index (χ1v) is 3.80. The Labute approximate surface area is 81.1 Å². The van der Waals surface area contributed by atoms with E-state index >= 15 is 0 Å².